The highest BCUT2D eigenvalue weighted by Crippen LogP contribution is 2.51. The van der Waals surface area contributed by atoms with Crippen molar-refractivity contribution in [1.82, 2.24) is 10.5 Å². The zero-order valence-corrected chi connectivity index (χ0v) is 18.5. The SMILES string of the molecule is CC(=O)NOC(=O)C1Cc2c([nH]c3ccccc23)C(C2CC(C)CCC2C(C)C)C1. The smallest absolute Gasteiger partial charge is 0.335 e. The van der Waals surface area contributed by atoms with Gasteiger partial charge >= 0.3 is 5.97 Å². The van der Waals surface area contributed by atoms with Gasteiger partial charge in [-0.05, 0) is 61.0 Å². The van der Waals surface area contributed by atoms with Crippen LogP contribution in [0.2, 0.25) is 0 Å². The molecule has 0 aliphatic heterocycles. The normalized spacial score (nSPS) is 28.9. The van der Waals surface area contributed by atoms with Gasteiger partial charge in [0.1, 0.15) is 0 Å². The van der Waals surface area contributed by atoms with E-state index in [1.54, 1.807) is 0 Å². The summed E-state index contributed by atoms with van der Waals surface area (Å²) >= 11 is 0. The topological polar surface area (TPSA) is 71.2 Å². The van der Waals surface area contributed by atoms with Crippen molar-refractivity contribution in [2.24, 2.45) is 29.6 Å². The third-order valence-corrected chi connectivity index (χ3v) is 7.43. The second-order valence-corrected chi connectivity index (χ2v) is 9.88. The number of amides is 1. The van der Waals surface area contributed by atoms with Crippen LogP contribution < -0.4 is 5.48 Å². The van der Waals surface area contributed by atoms with Crippen LogP contribution in [0.5, 0.6) is 0 Å². The van der Waals surface area contributed by atoms with Crippen molar-refractivity contribution in [2.45, 2.75) is 65.7 Å². The third-order valence-electron chi connectivity index (χ3n) is 7.43. The van der Waals surface area contributed by atoms with Crippen LogP contribution in [-0.4, -0.2) is 16.9 Å². The van der Waals surface area contributed by atoms with Crippen LogP contribution in [0.4, 0.5) is 0 Å². The summed E-state index contributed by atoms with van der Waals surface area (Å²) in [5.41, 5.74) is 5.96. The molecule has 1 fully saturated rings. The molecule has 5 atom stereocenters. The van der Waals surface area contributed by atoms with E-state index in [-0.39, 0.29) is 17.8 Å². The number of carbonyl (C=O) groups is 2. The zero-order chi connectivity index (χ0) is 21.4. The van der Waals surface area contributed by atoms with Gasteiger partial charge in [0.05, 0.1) is 5.92 Å². The number of hydrogen-bond donors (Lipinski definition) is 2. The Bertz CT molecular complexity index is 932. The van der Waals surface area contributed by atoms with Crippen molar-refractivity contribution in [3.8, 4) is 0 Å². The average Bonchev–Trinajstić information content (AvgIpc) is 3.09. The summed E-state index contributed by atoms with van der Waals surface area (Å²) in [4.78, 5) is 32.9. The zero-order valence-electron chi connectivity index (χ0n) is 18.5. The number of H-pyrrole nitrogens is 1. The number of nitrogens with one attached hydrogen (secondary N) is 2. The molecule has 4 rings (SSSR count). The minimum atomic E-state index is -0.357. The van der Waals surface area contributed by atoms with Crippen molar-refractivity contribution in [3.05, 3.63) is 35.5 Å². The molecule has 5 heteroatoms. The number of hydroxylamine groups is 1. The van der Waals surface area contributed by atoms with Crippen molar-refractivity contribution >= 4 is 22.8 Å². The van der Waals surface area contributed by atoms with Crippen LogP contribution in [-0.2, 0) is 20.8 Å². The molecule has 2 aliphatic rings. The molecule has 2 N–H and O–H groups in total. The van der Waals surface area contributed by atoms with E-state index in [9.17, 15) is 9.59 Å². The van der Waals surface area contributed by atoms with Gasteiger partial charge in [-0.15, -0.1) is 0 Å². The maximum Gasteiger partial charge on any atom is 0.335 e. The van der Waals surface area contributed by atoms with E-state index in [1.807, 2.05) is 0 Å². The van der Waals surface area contributed by atoms with E-state index in [2.05, 4.69) is 55.5 Å². The summed E-state index contributed by atoms with van der Waals surface area (Å²) < 4.78 is 0. The second-order valence-electron chi connectivity index (χ2n) is 9.88. The van der Waals surface area contributed by atoms with Gasteiger partial charge in [-0.3, -0.25) is 4.79 Å². The lowest BCUT2D eigenvalue weighted by molar-refractivity contribution is -0.162. The molecule has 1 amide bonds. The molecule has 5 nitrogen and oxygen atoms in total. The summed E-state index contributed by atoms with van der Waals surface area (Å²) in [6.07, 6.45) is 5.19. The summed E-state index contributed by atoms with van der Waals surface area (Å²) in [6.45, 7) is 8.39. The first-order valence-corrected chi connectivity index (χ1v) is 11.4. The first-order valence-electron chi connectivity index (χ1n) is 11.4. The fourth-order valence-corrected chi connectivity index (χ4v) is 6.02. The molecule has 1 aromatic heterocycles. The van der Waals surface area contributed by atoms with Gasteiger partial charge < -0.3 is 9.82 Å². The average molecular weight is 411 g/mol. The number of carbonyl (C=O) groups excluding carboxylic acids is 2. The summed E-state index contributed by atoms with van der Waals surface area (Å²) in [5, 5.41) is 1.21. The fourth-order valence-electron chi connectivity index (χ4n) is 6.02. The van der Waals surface area contributed by atoms with Crippen LogP contribution in [0.25, 0.3) is 10.9 Å². The van der Waals surface area contributed by atoms with Crippen molar-refractivity contribution < 1.29 is 14.4 Å². The van der Waals surface area contributed by atoms with E-state index in [1.165, 1.54) is 42.8 Å². The Morgan fingerprint density at radius 3 is 2.67 bits per heavy atom. The quantitative estimate of drug-likeness (QED) is 0.690. The van der Waals surface area contributed by atoms with Crippen LogP contribution >= 0.6 is 0 Å². The Hall–Kier alpha value is -2.30. The lowest BCUT2D eigenvalue weighted by Crippen LogP contribution is -2.38. The molecule has 0 spiro atoms. The minimum absolute atomic E-state index is 0.237. The molecule has 0 radical (unpaired) electrons. The first-order chi connectivity index (χ1) is 14.3. The van der Waals surface area contributed by atoms with Crippen LogP contribution in [0.3, 0.4) is 0 Å². The van der Waals surface area contributed by atoms with E-state index in [0.29, 0.717) is 36.0 Å². The standard InChI is InChI=1S/C25H34N2O3/c1-14(2)18-10-9-15(3)11-20(18)22-13-17(25(29)30-27-16(4)28)12-21-19-7-5-6-8-23(19)26-24(21)22/h5-8,14-15,17-18,20,22,26H,9-13H2,1-4H3,(H,27,28). The van der Waals surface area contributed by atoms with Gasteiger partial charge in [-0.25, -0.2) is 4.79 Å². The van der Waals surface area contributed by atoms with Crippen molar-refractivity contribution in [2.75, 3.05) is 0 Å². The maximum absolute atomic E-state index is 12.8. The van der Waals surface area contributed by atoms with Gasteiger partial charge in [0.15, 0.2) is 0 Å². The fraction of sp³-hybridized carbons (Fsp3) is 0.600. The number of fused-ring (bicyclic) bond motifs is 3. The summed E-state index contributed by atoms with van der Waals surface area (Å²) in [7, 11) is 0. The number of aromatic nitrogens is 1. The van der Waals surface area contributed by atoms with Gasteiger partial charge in [0.2, 0.25) is 5.91 Å². The van der Waals surface area contributed by atoms with Gasteiger partial charge in [0, 0.05) is 29.4 Å². The van der Waals surface area contributed by atoms with E-state index >= 15 is 0 Å². The molecular formula is C25H34N2O3. The van der Waals surface area contributed by atoms with E-state index in [4.69, 9.17) is 4.84 Å². The predicted octanol–water partition coefficient (Wildman–Crippen LogP) is 5.12. The Kier molecular flexibility index (Phi) is 5.90. The molecule has 5 unspecified atom stereocenters. The van der Waals surface area contributed by atoms with E-state index < -0.39 is 0 Å². The van der Waals surface area contributed by atoms with E-state index in [0.717, 1.165) is 11.9 Å². The van der Waals surface area contributed by atoms with Crippen LogP contribution in [0.15, 0.2) is 24.3 Å². The lowest BCUT2D eigenvalue weighted by atomic mass is 9.61. The molecule has 30 heavy (non-hydrogen) atoms. The number of aromatic amines is 1. The largest absolute Gasteiger partial charge is 0.358 e. The van der Waals surface area contributed by atoms with Gasteiger partial charge in [0.25, 0.3) is 0 Å². The lowest BCUT2D eigenvalue weighted by Gasteiger charge is -2.44. The van der Waals surface area contributed by atoms with Gasteiger partial charge in [-0.2, -0.15) is 5.48 Å². The minimum Gasteiger partial charge on any atom is -0.358 e. The molecule has 1 heterocycles. The Labute approximate surface area is 178 Å². The molecule has 0 saturated heterocycles. The highest BCUT2D eigenvalue weighted by Gasteiger charge is 2.43. The molecule has 2 aromatic rings. The van der Waals surface area contributed by atoms with Gasteiger partial charge in [-0.1, -0.05) is 45.4 Å². The molecule has 162 valence electrons. The van der Waals surface area contributed by atoms with Crippen LogP contribution in [0, 0.1) is 29.6 Å². The Morgan fingerprint density at radius 2 is 1.93 bits per heavy atom. The summed E-state index contributed by atoms with van der Waals surface area (Å²) in [5.74, 6) is 1.95. The number of benzene rings is 1. The monoisotopic (exact) mass is 410 g/mol. The molecule has 1 aromatic carbocycles. The number of rotatable bonds is 3. The third kappa shape index (κ3) is 3.99. The maximum atomic E-state index is 12.8. The number of para-hydroxylation sites is 1. The van der Waals surface area contributed by atoms with Crippen molar-refractivity contribution in [1.29, 1.82) is 0 Å². The summed E-state index contributed by atoms with van der Waals surface area (Å²) in [6, 6.07) is 8.39. The predicted molar refractivity (Wildman–Crippen MR) is 118 cm³/mol. The molecule has 0 bridgehead atoms. The molecule has 1 saturated carbocycles. The Morgan fingerprint density at radius 1 is 1.17 bits per heavy atom. The van der Waals surface area contributed by atoms with Crippen molar-refractivity contribution in [3.63, 3.8) is 0 Å². The molecular weight excluding hydrogens is 376 g/mol. The Balaban J connectivity index is 1.73. The highest BCUT2D eigenvalue weighted by atomic mass is 16.7. The molecule has 2 aliphatic carbocycles. The second kappa shape index (κ2) is 8.44. The first kappa shape index (κ1) is 21.0. The number of hydrogen-bond acceptors (Lipinski definition) is 3. The highest BCUT2D eigenvalue weighted by molar-refractivity contribution is 5.86. The van der Waals surface area contributed by atoms with Crippen LogP contribution in [0.1, 0.15) is 70.6 Å².